The number of rotatable bonds is 2. The largest absolute Gasteiger partial charge is 0.369 e. The zero-order valence-corrected chi connectivity index (χ0v) is 11.9. The Morgan fingerprint density at radius 2 is 2.19 bits per heavy atom. The molecule has 0 saturated carbocycles. The van der Waals surface area contributed by atoms with Crippen molar-refractivity contribution in [2.45, 2.75) is 25.8 Å². The SMILES string of the molecule is C[C@H]1CC[C@H](C(N)=O)CN1C(=O)c1cccc2[nH]ncc12. The van der Waals surface area contributed by atoms with Crippen LogP contribution in [0.15, 0.2) is 24.4 Å². The lowest BCUT2D eigenvalue weighted by Crippen LogP contribution is -2.48. The van der Waals surface area contributed by atoms with Crippen molar-refractivity contribution in [2.24, 2.45) is 11.7 Å². The number of primary amides is 1. The molecule has 6 heteroatoms. The number of amides is 2. The number of carbonyl (C=O) groups excluding carboxylic acids is 2. The molecule has 6 nitrogen and oxygen atoms in total. The summed E-state index contributed by atoms with van der Waals surface area (Å²) >= 11 is 0. The molecule has 2 atom stereocenters. The molecule has 1 aliphatic rings. The number of hydrogen-bond acceptors (Lipinski definition) is 3. The maximum atomic E-state index is 12.8. The molecule has 3 rings (SSSR count). The van der Waals surface area contributed by atoms with Crippen LogP contribution in [-0.4, -0.2) is 39.5 Å². The molecular weight excluding hydrogens is 268 g/mol. The van der Waals surface area contributed by atoms with Crippen LogP contribution in [-0.2, 0) is 4.79 Å². The van der Waals surface area contributed by atoms with Crippen LogP contribution in [0.25, 0.3) is 10.9 Å². The lowest BCUT2D eigenvalue weighted by molar-refractivity contribution is -0.123. The number of aromatic nitrogens is 2. The molecule has 1 aliphatic heterocycles. The molecule has 0 radical (unpaired) electrons. The predicted octanol–water partition coefficient (Wildman–Crippen LogP) is 1.29. The number of H-pyrrole nitrogens is 1. The van der Waals surface area contributed by atoms with Gasteiger partial charge < -0.3 is 10.6 Å². The van der Waals surface area contributed by atoms with Gasteiger partial charge in [-0.25, -0.2) is 0 Å². The molecule has 21 heavy (non-hydrogen) atoms. The zero-order valence-electron chi connectivity index (χ0n) is 11.9. The summed E-state index contributed by atoms with van der Waals surface area (Å²) in [5, 5.41) is 7.64. The fourth-order valence-electron chi connectivity index (χ4n) is 2.93. The van der Waals surface area contributed by atoms with Crippen LogP contribution in [0.3, 0.4) is 0 Å². The smallest absolute Gasteiger partial charge is 0.254 e. The summed E-state index contributed by atoms with van der Waals surface area (Å²) in [6, 6.07) is 5.61. The fourth-order valence-corrected chi connectivity index (χ4v) is 2.93. The van der Waals surface area contributed by atoms with Crippen molar-refractivity contribution in [2.75, 3.05) is 6.54 Å². The van der Waals surface area contributed by atoms with Crippen LogP contribution in [0.1, 0.15) is 30.1 Å². The molecule has 2 amide bonds. The average molecular weight is 286 g/mol. The summed E-state index contributed by atoms with van der Waals surface area (Å²) in [4.78, 5) is 26.0. The summed E-state index contributed by atoms with van der Waals surface area (Å²) in [5.41, 5.74) is 6.84. The van der Waals surface area contributed by atoms with E-state index in [2.05, 4.69) is 10.2 Å². The first-order valence-corrected chi connectivity index (χ1v) is 7.10. The van der Waals surface area contributed by atoms with Crippen molar-refractivity contribution in [1.29, 1.82) is 0 Å². The molecule has 1 aromatic heterocycles. The quantitative estimate of drug-likeness (QED) is 0.871. The van der Waals surface area contributed by atoms with Crippen LogP contribution in [0.4, 0.5) is 0 Å². The van der Waals surface area contributed by atoms with Crippen molar-refractivity contribution in [3.63, 3.8) is 0 Å². The third-order valence-electron chi connectivity index (χ3n) is 4.26. The number of likely N-dealkylation sites (tertiary alicyclic amines) is 1. The first-order chi connectivity index (χ1) is 10.1. The molecule has 0 unspecified atom stereocenters. The van der Waals surface area contributed by atoms with Crippen LogP contribution >= 0.6 is 0 Å². The fraction of sp³-hybridized carbons (Fsp3) is 0.400. The third-order valence-corrected chi connectivity index (χ3v) is 4.26. The number of nitrogens with one attached hydrogen (secondary N) is 1. The molecule has 2 heterocycles. The van der Waals surface area contributed by atoms with Gasteiger partial charge in [0.05, 0.1) is 23.2 Å². The van der Waals surface area contributed by atoms with E-state index >= 15 is 0 Å². The van der Waals surface area contributed by atoms with E-state index in [0.717, 1.165) is 23.7 Å². The first-order valence-electron chi connectivity index (χ1n) is 7.10. The van der Waals surface area contributed by atoms with Gasteiger partial charge in [0.1, 0.15) is 0 Å². The van der Waals surface area contributed by atoms with Crippen LogP contribution in [0.5, 0.6) is 0 Å². The van der Waals surface area contributed by atoms with E-state index in [0.29, 0.717) is 12.1 Å². The van der Waals surface area contributed by atoms with Crippen LogP contribution < -0.4 is 5.73 Å². The number of hydrogen-bond donors (Lipinski definition) is 2. The van der Waals surface area contributed by atoms with Gasteiger partial charge in [-0.15, -0.1) is 0 Å². The van der Waals surface area contributed by atoms with Gasteiger partial charge in [-0.05, 0) is 31.9 Å². The van der Waals surface area contributed by atoms with E-state index in [-0.39, 0.29) is 23.8 Å². The van der Waals surface area contributed by atoms with Crippen LogP contribution in [0.2, 0.25) is 0 Å². The summed E-state index contributed by atoms with van der Waals surface area (Å²) < 4.78 is 0. The van der Waals surface area contributed by atoms with Gasteiger partial charge in [0.15, 0.2) is 0 Å². The predicted molar refractivity (Wildman–Crippen MR) is 78.5 cm³/mol. The highest BCUT2D eigenvalue weighted by atomic mass is 16.2. The molecule has 1 aromatic carbocycles. The number of carbonyl (C=O) groups is 2. The maximum Gasteiger partial charge on any atom is 0.254 e. The van der Waals surface area contributed by atoms with Gasteiger partial charge in [-0.3, -0.25) is 14.7 Å². The van der Waals surface area contributed by atoms with Gasteiger partial charge in [0.2, 0.25) is 5.91 Å². The topological polar surface area (TPSA) is 92.1 Å². The summed E-state index contributed by atoms with van der Waals surface area (Å²) in [6.45, 7) is 2.40. The van der Waals surface area contributed by atoms with E-state index in [4.69, 9.17) is 5.73 Å². The number of benzene rings is 1. The Hall–Kier alpha value is -2.37. The van der Waals surface area contributed by atoms with Gasteiger partial charge in [-0.1, -0.05) is 6.07 Å². The molecule has 0 bridgehead atoms. The highest BCUT2D eigenvalue weighted by Crippen LogP contribution is 2.25. The minimum absolute atomic E-state index is 0.0690. The molecular formula is C15H18N4O2. The second-order valence-corrected chi connectivity index (χ2v) is 5.62. The van der Waals surface area contributed by atoms with E-state index in [1.165, 1.54) is 0 Å². The van der Waals surface area contributed by atoms with E-state index in [1.807, 2.05) is 19.1 Å². The summed E-state index contributed by atoms with van der Waals surface area (Å²) in [6.07, 6.45) is 3.19. The van der Waals surface area contributed by atoms with Crippen molar-refractivity contribution in [3.05, 3.63) is 30.0 Å². The molecule has 110 valence electrons. The van der Waals surface area contributed by atoms with Gasteiger partial charge in [-0.2, -0.15) is 5.10 Å². The van der Waals surface area contributed by atoms with E-state index < -0.39 is 0 Å². The van der Waals surface area contributed by atoms with Crippen molar-refractivity contribution in [1.82, 2.24) is 15.1 Å². The zero-order chi connectivity index (χ0) is 15.0. The Bertz CT molecular complexity index is 694. The number of nitrogens with zero attached hydrogens (tertiary/aromatic N) is 2. The molecule has 1 fully saturated rings. The molecule has 1 saturated heterocycles. The Balaban J connectivity index is 1.93. The van der Waals surface area contributed by atoms with Gasteiger partial charge in [0.25, 0.3) is 5.91 Å². The van der Waals surface area contributed by atoms with E-state index in [9.17, 15) is 9.59 Å². The lowest BCUT2D eigenvalue weighted by Gasteiger charge is -2.37. The van der Waals surface area contributed by atoms with Crippen molar-refractivity contribution >= 4 is 22.7 Å². The number of nitrogens with two attached hydrogens (primary N) is 1. The minimum atomic E-state index is -0.332. The Morgan fingerprint density at radius 3 is 2.95 bits per heavy atom. The number of piperidine rings is 1. The minimum Gasteiger partial charge on any atom is -0.369 e. The van der Waals surface area contributed by atoms with Crippen molar-refractivity contribution in [3.8, 4) is 0 Å². The Labute approximate surface area is 122 Å². The van der Waals surface area contributed by atoms with Crippen LogP contribution in [0, 0.1) is 5.92 Å². The number of fused-ring (bicyclic) bond motifs is 1. The Kier molecular flexibility index (Phi) is 3.37. The Morgan fingerprint density at radius 1 is 1.38 bits per heavy atom. The van der Waals surface area contributed by atoms with E-state index in [1.54, 1.807) is 17.2 Å². The highest BCUT2D eigenvalue weighted by Gasteiger charge is 2.32. The highest BCUT2D eigenvalue weighted by molar-refractivity contribution is 6.06. The molecule has 3 N–H and O–H groups in total. The maximum absolute atomic E-state index is 12.8. The summed E-state index contributed by atoms with van der Waals surface area (Å²) in [7, 11) is 0. The van der Waals surface area contributed by atoms with Gasteiger partial charge in [0, 0.05) is 18.0 Å². The van der Waals surface area contributed by atoms with Gasteiger partial charge >= 0.3 is 0 Å². The second-order valence-electron chi connectivity index (χ2n) is 5.62. The molecule has 0 aliphatic carbocycles. The normalized spacial score (nSPS) is 22.4. The third kappa shape index (κ3) is 2.37. The second kappa shape index (κ2) is 5.20. The first kappa shape index (κ1) is 13.6. The molecule has 2 aromatic rings. The summed E-state index contributed by atoms with van der Waals surface area (Å²) in [5.74, 6) is -0.657. The number of aromatic amines is 1. The average Bonchev–Trinajstić information content (AvgIpc) is 2.95. The standard InChI is InChI=1S/C15H18N4O2/c1-9-5-6-10(14(16)20)8-19(9)15(21)11-3-2-4-13-12(11)7-17-18-13/h2-4,7,9-10H,5-6,8H2,1H3,(H2,16,20)(H,17,18)/t9-,10-/m0/s1. The monoisotopic (exact) mass is 286 g/mol. The van der Waals surface area contributed by atoms with Crippen molar-refractivity contribution < 1.29 is 9.59 Å². The molecule has 0 spiro atoms. The lowest BCUT2D eigenvalue weighted by atomic mass is 9.92.